The predicted molar refractivity (Wildman–Crippen MR) is 221 cm³/mol. The summed E-state index contributed by atoms with van der Waals surface area (Å²) in [6.07, 6.45) is 0. The van der Waals surface area contributed by atoms with Gasteiger partial charge in [-0.05, 0) is 88.3 Å². The zero-order valence-electron chi connectivity index (χ0n) is 27.4. The minimum Gasteiger partial charge on any atom is -0.309 e. The summed E-state index contributed by atoms with van der Waals surface area (Å²) >= 11 is 3.62. The lowest BCUT2D eigenvalue weighted by Crippen LogP contribution is -1.95. The molecule has 8 aromatic carbocycles. The normalized spacial score (nSPS) is 11.9. The van der Waals surface area contributed by atoms with Crippen molar-refractivity contribution in [3.63, 3.8) is 0 Å². The van der Waals surface area contributed by atoms with Crippen LogP contribution in [0.1, 0.15) is 0 Å². The van der Waals surface area contributed by atoms with Gasteiger partial charge in [0, 0.05) is 47.6 Å². The number of hydrogen-bond acceptors (Lipinski definition) is 3. The summed E-state index contributed by atoms with van der Waals surface area (Å²) in [7, 11) is 0. The average molecular weight is 685 g/mol. The molecule has 51 heavy (non-hydrogen) atoms. The maximum absolute atomic E-state index is 5.26. The molecule has 0 fully saturated rings. The highest BCUT2D eigenvalue weighted by Gasteiger charge is 2.20. The molecule has 3 aromatic heterocycles. The van der Waals surface area contributed by atoms with E-state index in [0.717, 1.165) is 21.8 Å². The van der Waals surface area contributed by atoms with Crippen molar-refractivity contribution >= 4 is 85.6 Å². The third-order valence-electron chi connectivity index (χ3n) is 10.2. The standard InChI is InChI=1S/C47H28N2S2/c1-3-11-29(12-4-1)32-21-24-40-38(27-32)39-28-37(30-13-5-2-6-14-30)34-15-7-8-16-35(34)46(39)49(40)33-22-19-31(20-23-33)47-48-45-43(51-47)26-25-42-44(45)36-17-9-10-18-41(36)50-42/h1-28H. The van der Waals surface area contributed by atoms with Crippen molar-refractivity contribution in [2.24, 2.45) is 0 Å². The summed E-state index contributed by atoms with van der Waals surface area (Å²) in [6, 6.07) is 61.9. The van der Waals surface area contributed by atoms with E-state index in [1.54, 1.807) is 11.3 Å². The van der Waals surface area contributed by atoms with E-state index in [4.69, 9.17) is 4.98 Å². The zero-order chi connectivity index (χ0) is 33.5. The van der Waals surface area contributed by atoms with Gasteiger partial charge in [-0.25, -0.2) is 4.98 Å². The first-order chi connectivity index (χ1) is 25.3. The first-order valence-corrected chi connectivity index (χ1v) is 18.8. The third-order valence-corrected chi connectivity index (χ3v) is 12.4. The van der Waals surface area contributed by atoms with Crippen LogP contribution in [-0.2, 0) is 0 Å². The summed E-state index contributed by atoms with van der Waals surface area (Å²) in [5, 5.41) is 8.61. The van der Waals surface area contributed by atoms with E-state index in [0.29, 0.717) is 0 Å². The largest absolute Gasteiger partial charge is 0.309 e. The smallest absolute Gasteiger partial charge is 0.124 e. The van der Waals surface area contributed by atoms with Crippen molar-refractivity contribution in [1.82, 2.24) is 9.55 Å². The second-order valence-corrected chi connectivity index (χ2v) is 15.2. The lowest BCUT2D eigenvalue weighted by molar-refractivity contribution is 1.19. The lowest BCUT2D eigenvalue weighted by atomic mass is 9.94. The molecule has 0 saturated heterocycles. The maximum Gasteiger partial charge on any atom is 0.124 e. The van der Waals surface area contributed by atoms with E-state index in [2.05, 4.69) is 174 Å². The topological polar surface area (TPSA) is 17.8 Å². The number of rotatable bonds is 4. The van der Waals surface area contributed by atoms with Crippen LogP contribution in [0.5, 0.6) is 0 Å². The quantitative estimate of drug-likeness (QED) is 0.180. The molecular weight excluding hydrogens is 657 g/mol. The van der Waals surface area contributed by atoms with Crippen LogP contribution in [-0.4, -0.2) is 9.55 Å². The van der Waals surface area contributed by atoms with Gasteiger partial charge in [-0.15, -0.1) is 22.7 Å². The lowest BCUT2D eigenvalue weighted by Gasteiger charge is -2.13. The Morgan fingerprint density at radius 2 is 1.08 bits per heavy atom. The van der Waals surface area contributed by atoms with E-state index in [1.807, 2.05) is 11.3 Å². The molecule has 0 aliphatic heterocycles. The Balaban J connectivity index is 1.13. The fourth-order valence-electron chi connectivity index (χ4n) is 7.89. The summed E-state index contributed by atoms with van der Waals surface area (Å²) in [5.41, 5.74) is 10.7. The van der Waals surface area contributed by atoms with Crippen LogP contribution in [0.2, 0.25) is 0 Å². The Bertz CT molecular complexity index is 3110. The summed E-state index contributed by atoms with van der Waals surface area (Å²) in [4.78, 5) is 5.26. The van der Waals surface area contributed by atoms with Crippen LogP contribution in [0.3, 0.4) is 0 Å². The second-order valence-electron chi connectivity index (χ2n) is 13.1. The van der Waals surface area contributed by atoms with Crippen molar-refractivity contribution in [3.05, 3.63) is 170 Å². The number of hydrogen-bond donors (Lipinski definition) is 0. The number of nitrogens with zero attached hydrogens (tertiary/aromatic N) is 2. The highest BCUT2D eigenvalue weighted by atomic mass is 32.1. The van der Waals surface area contributed by atoms with E-state index < -0.39 is 0 Å². The molecule has 3 heterocycles. The summed E-state index contributed by atoms with van der Waals surface area (Å²) in [5.74, 6) is 0. The van der Waals surface area contributed by atoms with Crippen LogP contribution >= 0.6 is 22.7 Å². The number of aromatic nitrogens is 2. The Labute approximate surface area is 302 Å². The first-order valence-electron chi connectivity index (χ1n) is 17.2. The van der Waals surface area contributed by atoms with Gasteiger partial charge in [0.15, 0.2) is 0 Å². The second kappa shape index (κ2) is 11.2. The molecule has 0 atom stereocenters. The number of thiophene rings is 1. The van der Waals surface area contributed by atoms with Crippen molar-refractivity contribution in [1.29, 1.82) is 0 Å². The Morgan fingerprint density at radius 3 is 1.88 bits per heavy atom. The van der Waals surface area contributed by atoms with Crippen LogP contribution in [0.4, 0.5) is 0 Å². The highest BCUT2D eigenvalue weighted by molar-refractivity contribution is 7.26. The molecule has 238 valence electrons. The SMILES string of the molecule is c1ccc(-c2ccc3c(c2)c2cc(-c4ccccc4)c4ccccc4c2n3-c2ccc(-c3nc4c(ccc5sc6ccccc6c54)s3)cc2)cc1. The van der Waals surface area contributed by atoms with Gasteiger partial charge in [0.2, 0.25) is 0 Å². The monoisotopic (exact) mass is 684 g/mol. The minimum atomic E-state index is 1.05. The van der Waals surface area contributed by atoms with E-state index >= 15 is 0 Å². The molecule has 0 spiro atoms. The molecule has 11 rings (SSSR count). The number of thiazole rings is 1. The highest BCUT2D eigenvalue weighted by Crippen LogP contribution is 2.44. The predicted octanol–water partition coefficient (Wildman–Crippen LogP) is 13.9. The van der Waals surface area contributed by atoms with E-state index in [1.165, 1.54) is 79.7 Å². The fourth-order valence-corrected chi connectivity index (χ4v) is 9.97. The number of fused-ring (bicyclic) bond motifs is 10. The number of benzene rings is 8. The van der Waals surface area contributed by atoms with Crippen LogP contribution in [0.15, 0.2) is 170 Å². The molecule has 2 nitrogen and oxygen atoms in total. The van der Waals surface area contributed by atoms with Gasteiger partial charge in [0.25, 0.3) is 0 Å². The van der Waals surface area contributed by atoms with E-state index in [-0.39, 0.29) is 0 Å². The molecule has 0 radical (unpaired) electrons. The Morgan fingerprint density at radius 1 is 0.412 bits per heavy atom. The van der Waals surface area contributed by atoms with Crippen molar-refractivity contribution in [2.75, 3.05) is 0 Å². The van der Waals surface area contributed by atoms with E-state index in [9.17, 15) is 0 Å². The molecule has 4 heteroatoms. The first kappa shape index (κ1) is 28.7. The summed E-state index contributed by atoms with van der Waals surface area (Å²) in [6.45, 7) is 0. The van der Waals surface area contributed by atoms with Gasteiger partial charge >= 0.3 is 0 Å². The van der Waals surface area contributed by atoms with Gasteiger partial charge in [0.05, 0.1) is 21.3 Å². The zero-order valence-corrected chi connectivity index (χ0v) is 29.0. The molecule has 0 aliphatic carbocycles. The summed E-state index contributed by atoms with van der Waals surface area (Å²) < 4.78 is 6.28. The Kier molecular flexibility index (Phi) is 6.32. The van der Waals surface area contributed by atoms with Crippen molar-refractivity contribution in [3.8, 4) is 38.5 Å². The van der Waals surface area contributed by atoms with Crippen molar-refractivity contribution < 1.29 is 0 Å². The van der Waals surface area contributed by atoms with Gasteiger partial charge in [0.1, 0.15) is 5.01 Å². The molecule has 0 aliphatic rings. The molecule has 0 unspecified atom stereocenters. The van der Waals surface area contributed by atoms with Crippen LogP contribution in [0.25, 0.3) is 101 Å². The van der Waals surface area contributed by atoms with Gasteiger partial charge < -0.3 is 4.57 Å². The van der Waals surface area contributed by atoms with Crippen LogP contribution in [0, 0.1) is 0 Å². The van der Waals surface area contributed by atoms with Gasteiger partial charge in [-0.2, -0.15) is 0 Å². The molecule has 0 bridgehead atoms. The van der Waals surface area contributed by atoms with Gasteiger partial charge in [-0.3, -0.25) is 0 Å². The molecule has 0 saturated carbocycles. The average Bonchev–Trinajstić information content (AvgIpc) is 3.90. The van der Waals surface area contributed by atoms with Crippen LogP contribution < -0.4 is 0 Å². The van der Waals surface area contributed by atoms with Crippen molar-refractivity contribution in [2.45, 2.75) is 0 Å². The third kappa shape index (κ3) is 4.44. The molecule has 11 aromatic rings. The molecule has 0 amide bonds. The fraction of sp³-hybridized carbons (Fsp3) is 0. The Hall–Kier alpha value is -6.07. The molecular formula is C47H28N2S2. The van der Waals surface area contributed by atoms with Gasteiger partial charge in [-0.1, -0.05) is 109 Å². The molecule has 0 N–H and O–H groups in total. The minimum absolute atomic E-state index is 1.05. The maximum atomic E-state index is 5.26.